The Bertz CT molecular complexity index is 1090. The summed E-state index contributed by atoms with van der Waals surface area (Å²) < 4.78 is 34.6. The number of nitrogens with one attached hydrogen (secondary N) is 1. The number of anilines is 2. The van der Waals surface area contributed by atoms with E-state index >= 15 is 0 Å². The number of para-hydroxylation sites is 2. The quantitative estimate of drug-likeness (QED) is 0.581. The summed E-state index contributed by atoms with van der Waals surface area (Å²) in [6, 6.07) is 7.27. The smallest absolute Gasteiger partial charge is 0.296 e. The number of hydrogen-bond acceptors (Lipinski definition) is 8. The molecule has 3 aromatic rings. The number of aromatic nitrogens is 5. The second-order valence-electron chi connectivity index (χ2n) is 8.61. The van der Waals surface area contributed by atoms with Crippen LogP contribution in [0.2, 0.25) is 0 Å². The first-order valence-corrected chi connectivity index (χ1v) is 11.4. The zero-order valence-electron chi connectivity index (χ0n) is 18.3. The molecule has 11 heteroatoms. The number of alkyl halides is 2. The zero-order chi connectivity index (χ0) is 22.8. The van der Waals surface area contributed by atoms with Gasteiger partial charge in [0.15, 0.2) is 5.82 Å². The molecule has 1 aliphatic carbocycles. The molecule has 3 heterocycles. The first-order valence-electron chi connectivity index (χ1n) is 11.4. The number of ether oxygens (including phenoxy) is 1. The third kappa shape index (κ3) is 4.74. The van der Waals surface area contributed by atoms with Crippen LogP contribution in [0.15, 0.2) is 24.3 Å². The Morgan fingerprint density at radius 1 is 1.00 bits per heavy atom. The van der Waals surface area contributed by atoms with Gasteiger partial charge >= 0.3 is 0 Å². The van der Waals surface area contributed by atoms with E-state index in [0.717, 1.165) is 25.7 Å². The minimum absolute atomic E-state index is 0.128. The van der Waals surface area contributed by atoms with E-state index < -0.39 is 6.43 Å². The SMILES string of the molecule is NC1CCC(CNc2nc(N3CCOCC3)nc(-n3c(C(F)F)nc4ccccc43)n2)CC1. The van der Waals surface area contributed by atoms with E-state index in [9.17, 15) is 8.78 Å². The van der Waals surface area contributed by atoms with Crippen molar-refractivity contribution in [3.8, 4) is 5.95 Å². The third-order valence-corrected chi connectivity index (χ3v) is 6.33. The first-order chi connectivity index (χ1) is 16.1. The van der Waals surface area contributed by atoms with Crippen LogP contribution in [0.25, 0.3) is 17.0 Å². The van der Waals surface area contributed by atoms with Crippen molar-refractivity contribution in [3.05, 3.63) is 30.1 Å². The molecule has 9 nitrogen and oxygen atoms in total. The molecule has 3 N–H and O–H groups in total. The molecular weight excluding hydrogens is 430 g/mol. The number of hydrogen-bond donors (Lipinski definition) is 2. The summed E-state index contributed by atoms with van der Waals surface area (Å²) in [7, 11) is 0. The Kier molecular flexibility index (Phi) is 6.32. The lowest BCUT2D eigenvalue weighted by Gasteiger charge is -2.28. The molecule has 2 fully saturated rings. The van der Waals surface area contributed by atoms with Crippen molar-refractivity contribution in [2.24, 2.45) is 11.7 Å². The molecule has 5 rings (SSSR count). The average molecular weight is 459 g/mol. The molecule has 0 bridgehead atoms. The number of nitrogens with two attached hydrogens (primary N) is 1. The maximum atomic E-state index is 13.9. The van der Waals surface area contributed by atoms with Gasteiger partial charge in [0, 0.05) is 25.7 Å². The monoisotopic (exact) mass is 458 g/mol. The summed E-state index contributed by atoms with van der Waals surface area (Å²) in [6.07, 6.45) is 1.33. The standard InChI is InChI=1S/C22H28F2N8O/c23-18(24)19-27-16-3-1-2-4-17(16)32(19)22-29-20(26-13-14-5-7-15(25)8-6-14)28-21(30-22)31-9-11-33-12-10-31/h1-4,14-15,18H,5-13,25H2,(H,26,28,29,30). The van der Waals surface area contributed by atoms with Gasteiger partial charge in [-0.15, -0.1) is 0 Å². The molecule has 0 radical (unpaired) electrons. The van der Waals surface area contributed by atoms with Crippen LogP contribution in [0.4, 0.5) is 20.7 Å². The highest BCUT2D eigenvalue weighted by molar-refractivity contribution is 5.77. The van der Waals surface area contributed by atoms with Gasteiger partial charge in [-0.2, -0.15) is 15.0 Å². The fourth-order valence-corrected chi connectivity index (χ4v) is 4.47. The first kappa shape index (κ1) is 21.9. The van der Waals surface area contributed by atoms with Crippen LogP contribution in [0.1, 0.15) is 37.9 Å². The molecule has 2 aromatic heterocycles. The lowest BCUT2D eigenvalue weighted by molar-refractivity contribution is 0.122. The van der Waals surface area contributed by atoms with Gasteiger partial charge in [-0.25, -0.2) is 13.8 Å². The predicted octanol–water partition coefficient (Wildman–Crippen LogP) is 2.91. The summed E-state index contributed by atoms with van der Waals surface area (Å²) in [5.41, 5.74) is 7.02. The van der Waals surface area contributed by atoms with Crippen LogP contribution in [-0.4, -0.2) is 63.4 Å². The number of benzene rings is 1. The van der Waals surface area contributed by atoms with Crippen LogP contribution in [0, 0.1) is 5.92 Å². The molecule has 1 aliphatic heterocycles. The lowest BCUT2D eigenvalue weighted by atomic mass is 9.86. The van der Waals surface area contributed by atoms with Crippen LogP contribution in [0.3, 0.4) is 0 Å². The average Bonchev–Trinajstić information content (AvgIpc) is 3.24. The van der Waals surface area contributed by atoms with Crippen molar-refractivity contribution in [2.75, 3.05) is 43.1 Å². The second kappa shape index (κ2) is 9.52. The van der Waals surface area contributed by atoms with Gasteiger partial charge in [0.25, 0.3) is 6.43 Å². The Balaban J connectivity index is 1.52. The number of morpholine rings is 1. The van der Waals surface area contributed by atoms with E-state index in [1.807, 2.05) is 4.90 Å². The van der Waals surface area contributed by atoms with E-state index in [4.69, 9.17) is 10.5 Å². The van der Waals surface area contributed by atoms with E-state index in [1.54, 1.807) is 24.3 Å². The molecule has 2 aliphatic rings. The number of halogens is 2. The molecule has 1 saturated carbocycles. The van der Waals surface area contributed by atoms with Crippen molar-refractivity contribution < 1.29 is 13.5 Å². The molecule has 0 unspecified atom stereocenters. The third-order valence-electron chi connectivity index (χ3n) is 6.33. The van der Waals surface area contributed by atoms with Crippen LogP contribution >= 0.6 is 0 Å². The maximum absolute atomic E-state index is 13.9. The van der Waals surface area contributed by atoms with Gasteiger partial charge in [0.05, 0.1) is 24.2 Å². The molecule has 33 heavy (non-hydrogen) atoms. The zero-order valence-corrected chi connectivity index (χ0v) is 18.3. The minimum Gasteiger partial charge on any atom is -0.378 e. The van der Waals surface area contributed by atoms with Gasteiger partial charge < -0.3 is 20.7 Å². The van der Waals surface area contributed by atoms with E-state index in [-0.39, 0.29) is 17.8 Å². The molecule has 0 atom stereocenters. The van der Waals surface area contributed by atoms with Crippen molar-refractivity contribution >= 4 is 22.9 Å². The van der Waals surface area contributed by atoms with Gasteiger partial charge in [0.2, 0.25) is 17.8 Å². The highest BCUT2D eigenvalue weighted by Gasteiger charge is 2.25. The summed E-state index contributed by atoms with van der Waals surface area (Å²) in [5, 5.41) is 3.33. The van der Waals surface area contributed by atoms with E-state index in [2.05, 4.69) is 25.3 Å². The molecule has 176 valence electrons. The number of nitrogens with zero attached hydrogens (tertiary/aromatic N) is 6. The fraction of sp³-hybridized carbons (Fsp3) is 0.545. The summed E-state index contributed by atoms with van der Waals surface area (Å²) in [6.45, 7) is 3.06. The Hall–Kier alpha value is -2.92. The molecule has 1 saturated heterocycles. The topological polar surface area (TPSA) is 107 Å². The largest absolute Gasteiger partial charge is 0.378 e. The summed E-state index contributed by atoms with van der Waals surface area (Å²) >= 11 is 0. The molecule has 1 aromatic carbocycles. The van der Waals surface area contributed by atoms with Gasteiger partial charge in [-0.05, 0) is 43.7 Å². The molecule has 0 spiro atoms. The lowest BCUT2D eigenvalue weighted by Crippen LogP contribution is -2.38. The Morgan fingerprint density at radius 3 is 2.48 bits per heavy atom. The molecular formula is C22H28F2N8O. The van der Waals surface area contributed by atoms with E-state index in [1.165, 1.54) is 4.57 Å². The van der Waals surface area contributed by atoms with Crippen molar-refractivity contribution in [3.63, 3.8) is 0 Å². The normalized spacial score (nSPS) is 21.6. The van der Waals surface area contributed by atoms with Gasteiger partial charge in [-0.1, -0.05) is 12.1 Å². The van der Waals surface area contributed by atoms with Gasteiger partial charge in [-0.3, -0.25) is 4.57 Å². The van der Waals surface area contributed by atoms with Gasteiger partial charge in [0.1, 0.15) is 0 Å². The summed E-state index contributed by atoms with van der Waals surface area (Å²) in [4.78, 5) is 19.8. The fourth-order valence-electron chi connectivity index (χ4n) is 4.47. The number of fused-ring (bicyclic) bond motifs is 1. The Morgan fingerprint density at radius 2 is 1.73 bits per heavy atom. The van der Waals surface area contributed by atoms with Crippen molar-refractivity contribution in [1.29, 1.82) is 0 Å². The van der Waals surface area contributed by atoms with Crippen molar-refractivity contribution in [1.82, 2.24) is 24.5 Å². The Labute approximate surface area is 190 Å². The highest BCUT2D eigenvalue weighted by atomic mass is 19.3. The second-order valence-corrected chi connectivity index (χ2v) is 8.61. The number of imidazole rings is 1. The molecule has 0 amide bonds. The van der Waals surface area contributed by atoms with Crippen LogP contribution < -0.4 is 16.0 Å². The highest BCUT2D eigenvalue weighted by Crippen LogP contribution is 2.28. The maximum Gasteiger partial charge on any atom is 0.296 e. The van der Waals surface area contributed by atoms with Crippen LogP contribution in [-0.2, 0) is 4.74 Å². The minimum atomic E-state index is -2.77. The van der Waals surface area contributed by atoms with Crippen LogP contribution in [0.5, 0.6) is 0 Å². The number of rotatable bonds is 6. The predicted molar refractivity (Wildman–Crippen MR) is 121 cm³/mol. The van der Waals surface area contributed by atoms with Crippen molar-refractivity contribution in [2.45, 2.75) is 38.2 Å². The summed E-state index contributed by atoms with van der Waals surface area (Å²) in [5.74, 6) is 1.03. The van der Waals surface area contributed by atoms with E-state index in [0.29, 0.717) is 61.7 Å².